The van der Waals surface area contributed by atoms with Crippen molar-refractivity contribution < 1.29 is 38.0 Å². The summed E-state index contributed by atoms with van der Waals surface area (Å²) in [5.41, 5.74) is 8.98. The molecule has 228 valence electrons. The van der Waals surface area contributed by atoms with Gasteiger partial charge in [0.2, 0.25) is 0 Å². The highest BCUT2D eigenvalue weighted by atomic mass is 16.5. The molecular weight excluding hydrogens is 560 g/mol. The molecule has 1 aliphatic rings. The predicted molar refractivity (Wildman–Crippen MR) is 167 cm³/mol. The average molecular weight is 597 g/mol. The third-order valence-corrected chi connectivity index (χ3v) is 8.29. The Kier molecular flexibility index (Phi) is 9.09. The molecule has 0 bridgehead atoms. The summed E-state index contributed by atoms with van der Waals surface area (Å²) in [6, 6.07) is 15.7. The number of rotatable bonds is 8. The summed E-state index contributed by atoms with van der Waals surface area (Å²) < 4.78 is 34.0. The van der Waals surface area contributed by atoms with Crippen molar-refractivity contribution in [3.8, 4) is 34.5 Å². The van der Waals surface area contributed by atoms with Gasteiger partial charge in [0, 0.05) is 0 Å². The van der Waals surface area contributed by atoms with E-state index in [2.05, 4.69) is 0 Å². The van der Waals surface area contributed by atoms with Gasteiger partial charge in [0.25, 0.3) is 0 Å². The van der Waals surface area contributed by atoms with Crippen molar-refractivity contribution in [3.05, 3.63) is 104 Å². The molecule has 4 aromatic rings. The maximum atomic E-state index is 12.1. The van der Waals surface area contributed by atoms with E-state index >= 15 is 0 Å². The maximum Gasteiger partial charge on any atom is 0.161 e. The van der Waals surface area contributed by atoms with Crippen LogP contribution in [0.1, 0.15) is 65.2 Å². The van der Waals surface area contributed by atoms with Crippen LogP contribution in [0.5, 0.6) is 34.5 Å². The molecule has 0 fully saturated rings. The van der Waals surface area contributed by atoms with E-state index < -0.39 is 0 Å². The van der Waals surface area contributed by atoms with Crippen molar-refractivity contribution in [3.63, 3.8) is 0 Å². The van der Waals surface area contributed by atoms with Gasteiger partial charge in [-0.1, -0.05) is 0 Å². The van der Waals surface area contributed by atoms with Gasteiger partial charge in [-0.15, -0.1) is 0 Å². The molecule has 8 nitrogen and oxygen atoms in total. The van der Waals surface area contributed by atoms with Crippen LogP contribution >= 0.6 is 0 Å². The van der Waals surface area contributed by atoms with Crippen LogP contribution in [0.3, 0.4) is 0 Å². The third kappa shape index (κ3) is 5.80. The Bertz CT molecular complexity index is 1700. The summed E-state index contributed by atoms with van der Waals surface area (Å²) >= 11 is 0. The van der Waals surface area contributed by atoms with Crippen LogP contribution in [0.15, 0.2) is 48.5 Å². The van der Waals surface area contributed by atoms with Crippen LogP contribution in [0.25, 0.3) is 0 Å². The van der Waals surface area contributed by atoms with E-state index in [4.69, 9.17) is 28.4 Å². The number of hydrogen-bond acceptors (Lipinski definition) is 8. The lowest BCUT2D eigenvalue weighted by molar-refractivity contribution is 0.111. The Labute approximate surface area is 257 Å². The molecule has 0 heterocycles. The highest BCUT2D eigenvalue weighted by molar-refractivity contribution is 5.81. The standard InChI is InChI=1S/C36H36O8/c1-39-31-13-23-7-21-11-29(19-37)32(40-2)14-24(21)9-26-16-34(42-4)36(44-6)18-28(26)10-27-17-35(43-5)33(41-3)15-25(27)8-22(23)12-30(31)20-38/h11-20H,7-10H2,1-6H3. The zero-order chi connectivity index (χ0) is 31.4. The summed E-state index contributed by atoms with van der Waals surface area (Å²) in [7, 11) is 9.60. The second-order valence-corrected chi connectivity index (χ2v) is 10.6. The minimum Gasteiger partial charge on any atom is -0.496 e. The average Bonchev–Trinajstić information content (AvgIpc) is 3.05. The van der Waals surface area contributed by atoms with Gasteiger partial charge in [-0.3, -0.25) is 9.59 Å². The number of benzene rings is 4. The molecule has 4 aromatic carbocycles. The smallest absolute Gasteiger partial charge is 0.161 e. The zero-order valence-corrected chi connectivity index (χ0v) is 25.9. The number of fused-ring (bicyclic) bond motifs is 4. The fourth-order valence-electron chi connectivity index (χ4n) is 5.97. The Balaban J connectivity index is 1.84. The van der Waals surface area contributed by atoms with Crippen LogP contribution in [0, 0.1) is 0 Å². The van der Waals surface area contributed by atoms with Crippen molar-refractivity contribution in [1.82, 2.24) is 0 Å². The van der Waals surface area contributed by atoms with Gasteiger partial charge in [0.1, 0.15) is 11.5 Å². The summed E-state index contributed by atoms with van der Waals surface area (Å²) in [6.45, 7) is 0. The van der Waals surface area contributed by atoms with Crippen LogP contribution in [0.4, 0.5) is 0 Å². The molecule has 0 spiro atoms. The SMILES string of the molecule is COc1cc2c(cc1C=O)Cc1cc(OC)c(OC)cc1Cc1cc(OC)c(OC)cc1Cc1cc(OC)c(C=O)cc1C2. The molecule has 0 N–H and O–H groups in total. The predicted octanol–water partition coefficient (Wildman–Crippen LogP) is 6.04. The quantitative estimate of drug-likeness (QED) is 0.200. The topological polar surface area (TPSA) is 89.5 Å². The van der Waals surface area contributed by atoms with Gasteiger partial charge in [-0.25, -0.2) is 0 Å². The van der Waals surface area contributed by atoms with Gasteiger partial charge >= 0.3 is 0 Å². The molecule has 0 aromatic heterocycles. The van der Waals surface area contributed by atoms with E-state index in [9.17, 15) is 9.59 Å². The van der Waals surface area contributed by atoms with E-state index in [1.165, 1.54) is 0 Å². The zero-order valence-electron chi connectivity index (χ0n) is 25.9. The largest absolute Gasteiger partial charge is 0.496 e. The number of methoxy groups -OCH3 is 6. The molecule has 0 aliphatic heterocycles. The number of carbonyl (C=O) groups excluding carboxylic acids is 2. The van der Waals surface area contributed by atoms with E-state index in [1.807, 2.05) is 48.5 Å². The molecule has 0 radical (unpaired) electrons. The van der Waals surface area contributed by atoms with Gasteiger partial charge in [0.05, 0.1) is 53.8 Å². The lowest BCUT2D eigenvalue weighted by Gasteiger charge is -2.22. The van der Waals surface area contributed by atoms with Crippen LogP contribution in [-0.2, 0) is 25.7 Å². The highest BCUT2D eigenvalue weighted by Gasteiger charge is 2.22. The third-order valence-electron chi connectivity index (χ3n) is 8.29. The lowest BCUT2D eigenvalue weighted by atomic mass is 9.84. The molecule has 0 unspecified atom stereocenters. The normalized spacial score (nSPS) is 12.1. The summed E-state index contributed by atoms with van der Waals surface area (Å²) in [5.74, 6) is 3.49. The van der Waals surface area contributed by atoms with Crippen molar-refractivity contribution in [2.45, 2.75) is 25.7 Å². The van der Waals surface area contributed by atoms with Crippen molar-refractivity contribution >= 4 is 12.6 Å². The minimum atomic E-state index is 0.464. The molecule has 1 aliphatic carbocycles. The molecule has 5 rings (SSSR count). The van der Waals surface area contributed by atoms with Crippen LogP contribution in [0.2, 0.25) is 0 Å². The Morgan fingerprint density at radius 2 is 0.568 bits per heavy atom. The number of carbonyl (C=O) groups is 2. The van der Waals surface area contributed by atoms with Crippen molar-refractivity contribution in [2.75, 3.05) is 42.7 Å². The summed E-state index contributed by atoms with van der Waals surface area (Å²) in [4.78, 5) is 24.2. The second kappa shape index (κ2) is 13.1. The maximum absolute atomic E-state index is 12.1. The molecule has 0 atom stereocenters. The molecule has 44 heavy (non-hydrogen) atoms. The van der Waals surface area contributed by atoms with E-state index in [0.717, 1.165) is 57.1 Å². The Morgan fingerprint density at radius 3 is 0.773 bits per heavy atom. The summed E-state index contributed by atoms with van der Waals surface area (Å²) in [6.07, 6.45) is 3.74. The monoisotopic (exact) mass is 596 g/mol. The number of hydrogen-bond donors (Lipinski definition) is 0. The molecule has 0 saturated carbocycles. The number of aldehydes is 2. The second-order valence-electron chi connectivity index (χ2n) is 10.6. The fraction of sp³-hybridized carbons (Fsp3) is 0.278. The molecular formula is C36H36O8. The Hall–Kier alpha value is -4.98. The Morgan fingerprint density at radius 1 is 0.364 bits per heavy atom. The van der Waals surface area contributed by atoms with E-state index in [0.29, 0.717) is 71.3 Å². The van der Waals surface area contributed by atoms with Crippen molar-refractivity contribution in [1.29, 1.82) is 0 Å². The van der Waals surface area contributed by atoms with Gasteiger partial charge < -0.3 is 28.4 Å². The minimum absolute atomic E-state index is 0.464. The number of ether oxygens (including phenoxy) is 6. The van der Waals surface area contributed by atoms with Crippen LogP contribution in [-0.4, -0.2) is 55.2 Å². The molecule has 0 amide bonds. The molecule has 8 heteroatoms. The molecule has 0 saturated heterocycles. The van der Waals surface area contributed by atoms with Gasteiger partial charge in [-0.2, -0.15) is 0 Å². The first kappa shape index (κ1) is 30.5. The van der Waals surface area contributed by atoms with Crippen molar-refractivity contribution in [2.24, 2.45) is 0 Å². The fourth-order valence-corrected chi connectivity index (χ4v) is 5.97. The highest BCUT2D eigenvalue weighted by Crippen LogP contribution is 2.39. The lowest BCUT2D eigenvalue weighted by Crippen LogP contribution is -2.10. The first-order chi connectivity index (χ1) is 21.4. The van der Waals surface area contributed by atoms with Gasteiger partial charge in [0.15, 0.2) is 35.6 Å². The van der Waals surface area contributed by atoms with Crippen LogP contribution < -0.4 is 28.4 Å². The van der Waals surface area contributed by atoms with E-state index in [-0.39, 0.29) is 0 Å². The first-order valence-electron chi connectivity index (χ1n) is 14.2. The van der Waals surface area contributed by atoms with E-state index in [1.54, 1.807) is 42.7 Å². The summed E-state index contributed by atoms with van der Waals surface area (Å²) in [5, 5.41) is 0. The van der Waals surface area contributed by atoms with Gasteiger partial charge in [-0.05, 0) is 119 Å². The first-order valence-corrected chi connectivity index (χ1v) is 14.2.